The number of carboxylic acid groups (broad SMARTS) is 1. The Balaban J connectivity index is 2.22. The molecule has 1 aliphatic rings. The molecule has 5 heteroatoms. The Kier molecular flexibility index (Phi) is 3.17. The van der Waals surface area contributed by atoms with Crippen LogP contribution >= 0.6 is 0 Å². The maximum absolute atomic E-state index is 11.0. The van der Waals surface area contributed by atoms with E-state index in [9.17, 15) is 4.79 Å². The van der Waals surface area contributed by atoms with Gasteiger partial charge in [0.25, 0.3) is 0 Å². The van der Waals surface area contributed by atoms with Crippen molar-refractivity contribution < 1.29 is 9.90 Å². The highest BCUT2D eigenvalue weighted by atomic mass is 16.4. The minimum Gasteiger partial charge on any atom is -0.481 e. The minimum atomic E-state index is -0.681. The van der Waals surface area contributed by atoms with Crippen molar-refractivity contribution in [3.8, 4) is 0 Å². The lowest BCUT2D eigenvalue weighted by Gasteiger charge is -2.16. The molecule has 2 unspecified atom stereocenters. The van der Waals surface area contributed by atoms with Gasteiger partial charge in [0.05, 0.1) is 5.92 Å². The van der Waals surface area contributed by atoms with E-state index in [0.29, 0.717) is 12.5 Å². The molecule has 5 nitrogen and oxygen atoms in total. The minimum absolute atomic E-state index is 0.211. The molecule has 1 aromatic rings. The second-order valence-electron chi connectivity index (χ2n) is 5.11. The smallest absolute Gasteiger partial charge is 0.306 e. The number of hydrogen-bond donors (Lipinski definition) is 1. The molecule has 0 saturated heterocycles. The van der Waals surface area contributed by atoms with Crippen LogP contribution in [0.15, 0.2) is 0 Å². The van der Waals surface area contributed by atoms with Crippen LogP contribution in [0.1, 0.15) is 56.7 Å². The first-order valence-electron chi connectivity index (χ1n) is 6.15. The van der Waals surface area contributed by atoms with E-state index in [1.165, 1.54) is 0 Å². The average molecular weight is 237 g/mol. The van der Waals surface area contributed by atoms with Crippen LogP contribution in [0.25, 0.3) is 0 Å². The maximum Gasteiger partial charge on any atom is 0.306 e. The van der Waals surface area contributed by atoms with Gasteiger partial charge in [-0.25, -0.2) is 0 Å². The number of hydrogen-bond acceptors (Lipinski definition) is 3. The monoisotopic (exact) mass is 237 g/mol. The SMILES string of the molecule is Cc1nnc(C2CCC(C(=O)O)C2)n1C(C)C. The molecule has 0 spiro atoms. The van der Waals surface area contributed by atoms with Gasteiger partial charge in [0, 0.05) is 12.0 Å². The quantitative estimate of drug-likeness (QED) is 0.874. The molecule has 17 heavy (non-hydrogen) atoms. The third-order valence-electron chi connectivity index (χ3n) is 3.56. The summed E-state index contributed by atoms with van der Waals surface area (Å²) in [7, 11) is 0. The van der Waals surface area contributed by atoms with Gasteiger partial charge in [-0.15, -0.1) is 10.2 Å². The Hall–Kier alpha value is -1.39. The van der Waals surface area contributed by atoms with E-state index in [4.69, 9.17) is 5.11 Å². The highest BCUT2D eigenvalue weighted by Crippen LogP contribution is 2.38. The van der Waals surface area contributed by atoms with Crippen molar-refractivity contribution in [1.29, 1.82) is 0 Å². The lowest BCUT2D eigenvalue weighted by molar-refractivity contribution is -0.141. The van der Waals surface area contributed by atoms with Crippen molar-refractivity contribution in [1.82, 2.24) is 14.8 Å². The molecule has 0 radical (unpaired) electrons. The first-order valence-corrected chi connectivity index (χ1v) is 6.15. The molecule has 94 valence electrons. The predicted octanol–water partition coefficient (Wildman–Crippen LogP) is 2.14. The van der Waals surface area contributed by atoms with E-state index < -0.39 is 5.97 Å². The molecule has 1 N–H and O–H groups in total. The molecular weight excluding hydrogens is 218 g/mol. The largest absolute Gasteiger partial charge is 0.481 e. The molecular formula is C12H19N3O2. The number of carboxylic acids is 1. The van der Waals surface area contributed by atoms with Crippen molar-refractivity contribution in [3.63, 3.8) is 0 Å². The second kappa shape index (κ2) is 4.47. The molecule has 1 aliphatic carbocycles. The summed E-state index contributed by atoms with van der Waals surface area (Å²) in [4.78, 5) is 11.0. The van der Waals surface area contributed by atoms with Gasteiger partial charge in [-0.2, -0.15) is 0 Å². The van der Waals surface area contributed by atoms with Crippen LogP contribution in [0.5, 0.6) is 0 Å². The highest BCUT2D eigenvalue weighted by Gasteiger charge is 2.33. The van der Waals surface area contributed by atoms with Gasteiger partial charge in [-0.3, -0.25) is 4.79 Å². The van der Waals surface area contributed by atoms with Crippen molar-refractivity contribution in [2.45, 2.75) is 52.0 Å². The zero-order valence-corrected chi connectivity index (χ0v) is 10.6. The zero-order chi connectivity index (χ0) is 12.6. The van der Waals surface area contributed by atoms with Crippen LogP contribution < -0.4 is 0 Å². The van der Waals surface area contributed by atoms with Crippen molar-refractivity contribution in [3.05, 3.63) is 11.6 Å². The number of aliphatic carboxylic acids is 1. The van der Waals surface area contributed by atoms with Gasteiger partial charge in [0.15, 0.2) is 0 Å². The van der Waals surface area contributed by atoms with Crippen LogP contribution in [0.4, 0.5) is 0 Å². The van der Waals surface area contributed by atoms with E-state index in [1.54, 1.807) is 0 Å². The van der Waals surface area contributed by atoms with Crippen LogP contribution in [0.3, 0.4) is 0 Å². The predicted molar refractivity (Wildman–Crippen MR) is 62.9 cm³/mol. The number of rotatable bonds is 3. The Morgan fingerprint density at radius 2 is 2.12 bits per heavy atom. The average Bonchev–Trinajstić information content (AvgIpc) is 2.82. The molecule has 1 saturated carbocycles. The van der Waals surface area contributed by atoms with Crippen LogP contribution in [0, 0.1) is 12.8 Å². The van der Waals surface area contributed by atoms with E-state index >= 15 is 0 Å². The zero-order valence-electron chi connectivity index (χ0n) is 10.6. The topological polar surface area (TPSA) is 68.0 Å². The number of nitrogens with zero attached hydrogens (tertiary/aromatic N) is 3. The van der Waals surface area contributed by atoms with Crippen molar-refractivity contribution >= 4 is 5.97 Å². The Morgan fingerprint density at radius 3 is 2.65 bits per heavy atom. The molecule has 1 aromatic heterocycles. The summed E-state index contributed by atoms with van der Waals surface area (Å²) in [6.45, 7) is 6.15. The fourth-order valence-corrected chi connectivity index (χ4v) is 2.74. The maximum atomic E-state index is 11.0. The Labute approximate surface area is 101 Å². The van der Waals surface area contributed by atoms with E-state index in [1.807, 2.05) is 6.92 Å². The number of aromatic nitrogens is 3. The molecule has 0 bridgehead atoms. The van der Waals surface area contributed by atoms with Crippen molar-refractivity contribution in [2.24, 2.45) is 5.92 Å². The van der Waals surface area contributed by atoms with Gasteiger partial charge in [0.2, 0.25) is 0 Å². The fraction of sp³-hybridized carbons (Fsp3) is 0.750. The van der Waals surface area contributed by atoms with Crippen molar-refractivity contribution in [2.75, 3.05) is 0 Å². The molecule has 0 aliphatic heterocycles. The van der Waals surface area contributed by atoms with Crippen LogP contribution in [0.2, 0.25) is 0 Å². The van der Waals surface area contributed by atoms with Gasteiger partial charge >= 0.3 is 5.97 Å². The summed E-state index contributed by atoms with van der Waals surface area (Å²) < 4.78 is 2.12. The normalized spacial score (nSPS) is 24.5. The van der Waals surface area contributed by atoms with E-state index in [-0.39, 0.29) is 11.8 Å². The standard InChI is InChI=1S/C12H19N3O2/c1-7(2)15-8(3)13-14-11(15)9-4-5-10(6-9)12(16)17/h7,9-10H,4-6H2,1-3H3,(H,16,17). The Bertz CT molecular complexity index is 425. The highest BCUT2D eigenvalue weighted by molar-refractivity contribution is 5.70. The molecule has 1 fully saturated rings. The summed E-state index contributed by atoms with van der Waals surface area (Å²) in [5.41, 5.74) is 0. The molecule has 0 aromatic carbocycles. The lowest BCUT2D eigenvalue weighted by atomic mass is 10.0. The van der Waals surface area contributed by atoms with E-state index in [2.05, 4.69) is 28.6 Å². The third kappa shape index (κ3) is 2.18. The van der Waals surface area contributed by atoms with Gasteiger partial charge < -0.3 is 9.67 Å². The van der Waals surface area contributed by atoms with Crippen LogP contribution in [-0.4, -0.2) is 25.8 Å². The molecule has 2 atom stereocenters. The first kappa shape index (κ1) is 12.1. The van der Waals surface area contributed by atoms with E-state index in [0.717, 1.165) is 24.5 Å². The molecule has 2 rings (SSSR count). The van der Waals surface area contributed by atoms with Gasteiger partial charge in [-0.1, -0.05) is 0 Å². The number of aryl methyl sites for hydroxylation is 1. The van der Waals surface area contributed by atoms with Gasteiger partial charge in [0.1, 0.15) is 11.6 Å². The Morgan fingerprint density at radius 1 is 1.41 bits per heavy atom. The fourth-order valence-electron chi connectivity index (χ4n) is 2.74. The summed E-state index contributed by atoms with van der Waals surface area (Å²) in [5, 5.41) is 17.4. The van der Waals surface area contributed by atoms with Crippen LogP contribution in [-0.2, 0) is 4.79 Å². The lowest BCUT2D eigenvalue weighted by Crippen LogP contribution is -2.13. The second-order valence-corrected chi connectivity index (χ2v) is 5.11. The summed E-state index contributed by atoms with van der Waals surface area (Å²) in [6, 6.07) is 0.323. The summed E-state index contributed by atoms with van der Waals surface area (Å²) in [6.07, 6.45) is 2.35. The third-order valence-corrected chi connectivity index (χ3v) is 3.56. The van der Waals surface area contributed by atoms with Gasteiger partial charge in [-0.05, 0) is 40.0 Å². The first-order chi connectivity index (χ1) is 8.00. The summed E-state index contributed by atoms with van der Waals surface area (Å²) >= 11 is 0. The number of carbonyl (C=O) groups is 1. The summed E-state index contributed by atoms with van der Waals surface area (Å²) in [5.74, 6) is 1.23. The molecule has 0 amide bonds. The molecule has 1 heterocycles.